The predicted molar refractivity (Wildman–Crippen MR) is 106 cm³/mol. The van der Waals surface area contributed by atoms with Crippen LogP contribution in [0.25, 0.3) is 0 Å². The van der Waals surface area contributed by atoms with Crippen molar-refractivity contribution < 1.29 is 18.8 Å². The lowest BCUT2D eigenvalue weighted by molar-refractivity contribution is 0.0869. The molecule has 6 heteroatoms. The molecule has 1 fully saturated rings. The Bertz CT molecular complexity index is 758. The normalized spacial score (nSPS) is 16.0. The number of hydrogen-bond acceptors (Lipinski definition) is 4. The molecule has 2 aromatic carbocycles. The molecule has 27 heavy (non-hydrogen) atoms. The second-order valence-corrected chi connectivity index (χ2v) is 8.01. The Balaban J connectivity index is 1.59. The van der Waals surface area contributed by atoms with Gasteiger partial charge in [0.15, 0.2) is 4.90 Å². The zero-order valence-corrected chi connectivity index (χ0v) is 16.5. The molecule has 1 unspecified atom stereocenters. The van der Waals surface area contributed by atoms with Crippen LogP contribution in [0.15, 0.2) is 53.4 Å². The monoisotopic (exact) mass is 387 g/mol. The van der Waals surface area contributed by atoms with E-state index in [0.717, 1.165) is 34.6 Å². The Kier molecular flexibility index (Phi) is 6.63. The Morgan fingerprint density at radius 2 is 1.89 bits per heavy atom. The van der Waals surface area contributed by atoms with Crippen molar-refractivity contribution in [2.24, 2.45) is 0 Å². The van der Waals surface area contributed by atoms with Crippen LogP contribution in [-0.2, 0) is 22.5 Å². The highest BCUT2D eigenvalue weighted by Gasteiger charge is 2.28. The molecule has 1 amide bonds. The first-order valence-electron chi connectivity index (χ1n) is 9.05. The first-order valence-corrected chi connectivity index (χ1v) is 10.6. The van der Waals surface area contributed by atoms with Gasteiger partial charge < -0.3 is 18.9 Å². The topological polar surface area (TPSA) is 61.8 Å². The van der Waals surface area contributed by atoms with Crippen LogP contribution in [0.3, 0.4) is 0 Å². The fourth-order valence-electron chi connectivity index (χ4n) is 3.42. The number of benzene rings is 2. The van der Waals surface area contributed by atoms with Gasteiger partial charge >= 0.3 is 6.09 Å². The molecule has 0 spiro atoms. The summed E-state index contributed by atoms with van der Waals surface area (Å²) in [5.74, 6) is 1.03. The molecule has 0 aromatic heterocycles. The van der Waals surface area contributed by atoms with E-state index in [-0.39, 0.29) is 18.6 Å². The van der Waals surface area contributed by atoms with Crippen molar-refractivity contribution in [3.8, 4) is 5.75 Å². The van der Waals surface area contributed by atoms with Crippen molar-refractivity contribution >= 4 is 17.3 Å². The minimum atomic E-state index is -1.06. The summed E-state index contributed by atoms with van der Waals surface area (Å²) in [6.07, 6.45) is 3.05. The molecule has 0 N–H and O–H groups in total. The number of likely N-dealkylation sites (tertiary alicyclic amines) is 1. The third-order valence-corrected chi connectivity index (χ3v) is 5.92. The van der Waals surface area contributed by atoms with E-state index in [1.54, 1.807) is 18.3 Å². The van der Waals surface area contributed by atoms with E-state index in [1.165, 1.54) is 0 Å². The average molecular weight is 388 g/mol. The van der Waals surface area contributed by atoms with Gasteiger partial charge in [-0.25, -0.2) is 4.79 Å². The second kappa shape index (κ2) is 9.15. The van der Waals surface area contributed by atoms with Gasteiger partial charge in [0.25, 0.3) is 0 Å². The van der Waals surface area contributed by atoms with Gasteiger partial charge in [-0.3, -0.25) is 0 Å². The van der Waals surface area contributed by atoms with Gasteiger partial charge in [0.1, 0.15) is 18.6 Å². The highest BCUT2D eigenvalue weighted by atomic mass is 32.2. The van der Waals surface area contributed by atoms with Crippen LogP contribution >= 0.6 is 0 Å². The van der Waals surface area contributed by atoms with E-state index in [9.17, 15) is 9.35 Å². The number of nitrogens with zero attached hydrogens (tertiary/aromatic N) is 1. The van der Waals surface area contributed by atoms with E-state index in [1.807, 2.05) is 48.5 Å². The number of piperidine rings is 1. The molecule has 0 bridgehead atoms. The number of carbonyl (C=O) groups excluding carboxylic acids is 1. The maximum absolute atomic E-state index is 12.3. The number of rotatable bonds is 5. The summed E-state index contributed by atoms with van der Waals surface area (Å²) in [7, 11) is 1.63. The molecule has 1 aliphatic heterocycles. The van der Waals surface area contributed by atoms with Crippen LogP contribution in [0.2, 0.25) is 0 Å². The van der Waals surface area contributed by atoms with Crippen molar-refractivity contribution in [3.05, 3.63) is 59.7 Å². The van der Waals surface area contributed by atoms with Gasteiger partial charge in [-0.2, -0.15) is 0 Å². The summed E-state index contributed by atoms with van der Waals surface area (Å²) in [5.41, 5.74) is 2.04. The standard InChI is InChI=1S/C21H25NO4S/c1-25-18-8-9-20(27(2)24)19(14-18)17-10-12-22(13-11-17)21(23)26-15-16-6-4-3-5-7-16/h3-9,14,17H,10-13,15H2,1-2H3. The lowest BCUT2D eigenvalue weighted by Gasteiger charge is -2.32. The summed E-state index contributed by atoms with van der Waals surface area (Å²) >= 11 is -1.06. The maximum Gasteiger partial charge on any atom is 0.410 e. The molecule has 1 aliphatic rings. The van der Waals surface area contributed by atoms with Crippen molar-refractivity contribution in [1.29, 1.82) is 0 Å². The van der Waals surface area contributed by atoms with Crippen molar-refractivity contribution in [3.63, 3.8) is 0 Å². The minimum absolute atomic E-state index is 0.261. The van der Waals surface area contributed by atoms with Gasteiger partial charge in [-0.1, -0.05) is 30.3 Å². The zero-order chi connectivity index (χ0) is 19.2. The number of amides is 1. The van der Waals surface area contributed by atoms with Gasteiger partial charge in [0.2, 0.25) is 0 Å². The zero-order valence-electron chi connectivity index (χ0n) is 15.7. The molecule has 0 aliphatic carbocycles. The van der Waals surface area contributed by atoms with Crippen molar-refractivity contribution in [1.82, 2.24) is 4.90 Å². The fraction of sp³-hybridized carbons (Fsp3) is 0.381. The summed E-state index contributed by atoms with van der Waals surface area (Å²) in [5, 5.41) is 0. The van der Waals surface area contributed by atoms with Crippen LogP contribution < -0.4 is 4.74 Å². The SMILES string of the molecule is COc1ccc([S+](C)[O-])c(C2CCN(C(=O)OCc3ccccc3)CC2)c1. The quantitative estimate of drug-likeness (QED) is 0.729. The van der Waals surface area contributed by atoms with Gasteiger partial charge in [0.05, 0.1) is 7.11 Å². The average Bonchev–Trinajstić information content (AvgIpc) is 2.72. The Labute approximate surface area is 163 Å². The Hall–Kier alpha value is -2.18. The third-order valence-electron chi connectivity index (χ3n) is 4.92. The van der Waals surface area contributed by atoms with Gasteiger partial charge in [-0.05, 0) is 53.7 Å². The van der Waals surface area contributed by atoms with Crippen LogP contribution in [0, 0.1) is 0 Å². The Morgan fingerprint density at radius 3 is 2.52 bits per heavy atom. The molecule has 1 heterocycles. The summed E-state index contributed by atoms with van der Waals surface area (Å²) in [6.45, 7) is 1.55. The largest absolute Gasteiger partial charge is 0.612 e. The molecule has 5 nitrogen and oxygen atoms in total. The lowest BCUT2D eigenvalue weighted by atomic mass is 9.89. The van der Waals surface area contributed by atoms with Crippen LogP contribution in [0.5, 0.6) is 5.75 Å². The van der Waals surface area contributed by atoms with Crippen LogP contribution in [0.4, 0.5) is 4.79 Å². The van der Waals surface area contributed by atoms with Crippen LogP contribution in [0.1, 0.15) is 29.9 Å². The molecule has 0 radical (unpaired) electrons. The predicted octanol–water partition coefficient (Wildman–Crippen LogP) is 3.95. The van der Waals surface area contributed by atoms with E-state index < -0.39 is 11.2 Å². The van der Waals surface area contributed by atoms with Crippen LogP contribution in [-0.4, -0.2) is 42.0 Å². The summed E-state index contributed by atoms with van der Waals surface area (Å²) in [4.78, 5) is 14.9. The van der Waals surface area contributed by atoms with Gasteiger partial charge in [-0.15, -0.1) is 0 Å². The highest BCUT2D eigenvalue weighted by Crippen LogP contribution is 2.35. The van der Waals surface area contributed by atoms with Crippen molar-refractivity contribution in [2.45, 2.75) is 30.3 Å². The van der Waals surface area contributed by atoms with Gasteiger partial charge in [0, 0.05) is 18.7 Å². The number of ether oxygens (including phenoxy) is 2. The first-order chi connectivity index (χ1) is 13.1. The smallest absolute Gasteiger partial charge is 0.410 e. The molecule has 2 aromatic rings. The molecule has 1 saturated heterocycles. The molecular weight excluding hydrogens is 362 g/mol. The number of carbonyl (C=O) groups is 1. The number of methoxy groups -OCH3 is 1. The molecule has 3 rings (SSSR count). The van der Waals surface area contributed by atoms with E-state index in [4.69, 9.17) is 9.47 Å². The first kappa shape index (κ1) is 19.6. The molecule has 1 atom stereocenters. The number of hydrogen-bond donors (Lipinski definition) is 0. The van der Waals surface area contributed by atoms with E-state index in [2.05, 4.69) is 0 Å². The minimum Gasteiger partial charge on any atom is -0.612 e. The van der Waals surface area contributed by atoms with E-state index >= 15 is 0 Å². The molecule has 144 valence electrons. The maximum atomic E-state index is 12.3. The molecular formula is C21H25NO4S. The fourth-order valence-corrected chi connectivity index (χ4v) is 4.24. The second-order valence-electron chi connectivity index (χ2n) is 6.66. The lowest BCUT2D eigenvalue weighted by Crippen LogP contribution is -2.38. The Morgan fingerprint density at radius 1 is 1.19 bits per heavy atom. The van der Waals surface area contributed by atoms with Crippen molar-refractivity contribution in [2.75, 3.05) is 26.5 Å². The van der Waals surface area contributed by atoms with E-state index in [0.29, 0.717) is 13.1 Å². The molecule has 0 saturated carbocycles. The summed E-state index contributed by atoms with van der Waals surface area (Å²) < 4.78 is 22.8. The summed E-state index contributed by atoms with van der Waals surface area (Å²) in [6, 6.07) is 15.4. The third kappa shape index (κ3) is 4.96. The highest BCUT2D eigenvalue weighted by molar-refractivity contribution is 7.90.